The van der Waals surface area contributed by atoms with Crippen LogP contribution < -0.4 is 0 Å². The SMILES string of the molecule is Fc1cccc(F)c1CC(Br)C1CCCCCC1. The minimum atomic E-state index is -0.423. The summed E-state index contributed by atoms with van der Waals surface area (Å²) in [7, 11) is 0. The number of hydrogen-bond donors (Lipinski definition) is 0. The zero-order chi connectivity index (χ0) is 13.0. The Labute approximate surface area is 116 Å². The molecule has 0 radical (unpaired) electrons. The van der Waals surface area contributed by atoms with Crippen molar-refractivity contribution in [3.8, 4) is 0 Å². The van der Waals surface area contributed by atoms with E-state index in [1.54, 1.807) is 0 Å². The Morgan fingerprint density at radius 2 is 1.61 bits per heavy atom. The van der Waals surface area contributed by atoms with Crippen LogP contribution in [0.25, 0.3) is 0 Å². The summed E-state index contributed by atoms with van der Waals surface area (Å²) in [6.45, 7) is 0. The highest BCUT2D eigenvalue weighted by Crippen LogP contribution is 2.31. The fraction of sp³-hybridized carbons (Fsp3) is 0.600. The first-order valence-corrected chi connectivity index (χ1v) is 7.67. The zero-order valence-electron chi connectivity index (χ0n) is 10.5. The lowest BCUT2D eigenvalue weighted by Crippen LogP contribution is -2.18. The summed E-state index contributed by atoms with van der Waals surface area (Å²) in [5, 5.41) is 0. The third-order valence-corrected chi connectivity index (χ3v) is 4.94. The van der Waals surface area contributed by atoms with Crippen LogP contribution >= 0.6 is 15.9 Å². The Hall–Kier alpha value is -0.440. The molecule has 1 aromatic rings. The minimum Gasteiger partial charge on any atom is -0.207 e. The molecular formula is C15H19BrF2. The predicted molar refractivity (Wildman–Crippen MR) is 74.0 cm³/mol. The van der Waals surface area contributed by atoms with Crippen LogP contribution in [-0.2, 0) is 6.42 Å². The van der Waals surface area contributed by atoms with Crippen molar-refractivity contribution < 1.29 is 8.78 Å². The van der Waals surface area contributed by atoms with Gasteiger partial charge in [-0.05, 0) is 37.3 Å². The van der Waals surface area contributed by atoms with Gasteiger partial charge >= 0.3 is 0 Å². The average Bonchev–Trinajstić information content (AvgIpc) is 2.62. The van der Waals surface area contributed by atoms with Gasteiger partial charge < -0.3 is 0 Å². The van der Waals surface area contributed by atoms with E-state index < -0.39 is 11.6 Å². The van der Waals surface area contributed by atoms with Crippen molar-refractivity contribution in [3.05, 3.63) is 35.4 Å². The first-order valence-electron chi connectivity index (χ1n) is 6.75. The first kappa shape index (κ1) is 14.0. The summed E-state index contributed by atoms with van der Waals surface area (Å²) >= 11 is 3.65. The highest BCUT2D eigenvalue weighted by Gasteiger charge is 2.23. The number of benzene rings is 1. The summed E-state index contributed by atoms with van der Waals surface area (Å²) < 4.78 is 27.2. The van der Waals surface area contributed by atoms with Gasteiger partial charge in [-0.1, -0.05) is 47.7 Å². The summed E-state index contributed by atoms with van der Waals surface area (Å²) in [4.78, 5) is 0.182. The van der Waals surface area contributed by atoms with Crippen LogP contribution in [0.15, 0.2) is 18.2 Å². The van der Waals surface area contributed by atoms with E-state index in [1.165, 1.54) is 56.7 Å². The molecule has 2 rings (SSSR count). The van der Waals surface area contributed by atoms with Crippen LogP contribution in [0, 0.1) is 17.6 Å². The molecule has 0 aromatic heterocycles. The topological polar surface area (TPSA) is 0 Å². The molecule has 3 heteroatoms. The van der Waals surface area contributed by atoms with Gasteiger partial charge in [-0.3, -0.25) is 0 Å². The Kier molecular flexibility index (Phi) is 5.16. The standard InChI is InChI=1S/C15H19BrF2/c16-13(11-6-3-1-2-4-7-11)10-12-14(17)8-5-9-15(12)18/h5,8-9,11,13H,1-4,6-7,10H2. The van der Waals surface area contributed by atoms with Crippen LogP contribution in [0.2, 0.25) is 0 Å². The largest absolute Gasteiger partial charge is 0.207 e. The van der Waals surface area contributed by atoms with Crippen molar-refractivity contribution in [1.82, 2.24) is 0 Å². The van der Waals surface area contributed by atoms with Crippen LogP contribution in [-0.4, -0.2) is 4.83 Å². The number of rotatable bonds is 3. The molecule has 1 fully saturated rings. The second-order valence-electron chi connectivity index (χ2n) is 5.17. The maximum Gasteiger partial charge on any atom is 0.129 e. The summed E-state index contributed by atoms with van der Waals surface area (Å²) in [6.07, 6.45) is 7.87. The van der Waals surface area contributed by atoms with Gasteiger partial charge in [0, 0.05) is 10.4 Å². The van der Waals surface area contributed by atoms with E-state index in [1.807, 2.05) is 0 Å². The minimum absolute atomic E-state index is 0.182. The van der Waals surface area contributed by atoms with E-state index in [-0.39, 0.29) is 10.4 Å². The normalized spacial score (nSPS) is 19.5. The van der Waals surface area contributed by atoms with E-state index in [0.29, 0.717) is 12.3 Å². The van der Waals surface area contributed by atoms with Gasteiger partial charge in [-0.2, -0.15) is 0 Å². The molecule has 0 spiro atoms. The Morgan fingerprint density at radius 3 is 2.17 bits per heavy atom. The molecule has 1 aromatic carbocycles. The van der Waals surface area contributed by atoms with E-state index in [2.05, 4.69) is 15.9 Å². The van der Waals surface area contributed by atoms with Crippen LogP contribution in [0.1, 0.15) is 44.1 Å². The lowest BCUT2D eigenvalue weighted by Gasteiger charge is -2.21. The van der Waals surface area contributed by atoms with Crippen molar-refractivity contribution in [1.29, 1.82) is 0 Å². The zero-order valence-corrected chi connectivity index (χ0v) is 12.1. The molecule has 1 aliphatic rings. The van der Waals surface area contributed by atoms with Crippen LogP contribution in [0.5, 0.6) is 0 Å². The highest BCUT2D eigenvalue weighted by molar-refractivity contribution is 9.09. The fourth-order valence-corrected chi connectivity index (χ4v) is 3.61. The molecule has 0 heterocycles. The van der Waals surface area contributed by atoms with E-state index >= 15 is 0 Å². The maximum atomic E-state index is 13.6. The second kappa shape index (κ2) is 6.65. The number of halogens is 3. The van der Waals surface area contributed by atoms with Crippen molar-refractivity contribution >= 4 is 15.9 Å². The van der Waals surface area contributed by atoms with Crippen molar-refractivity contribution in [2.45, 2.75) is 49.8 Å². The monoisotopic (exact) mass is 316 g/mol. The third-order valence-electron chi connectivity index (χ3n) is 3.87. The molecule has 0 nitrogen and oxygen atoms in total. The summed E-state index contributed by atoms with van der Waals surface area (Å²) in [6, 6.07) is 4.10. The molecule has 18 heavy (non-hydrogen) atoms. The Balaban J connectivity index is 2.03. The first-order chi connectivity index (χ1) is 8.68. The third kappa shape index (κ3) is 3.53. The van der Waals surface area contributed by atoms with E-state index in [9.17, 15) is 8.78 Å². The molecule has 0 amide bonds. The van der Waals surface area contributed by atoms with Gasteiger partial charge in [0.1, 0.15) is 11.6 Å². The Morgan fingerprint density at radius 1 is 1.06 bits per heavy atom. The van der Waals surface area contributed by atoms with Gasteiger partial charge in [-0.25, -0.2) is 8.78 Å². The van der Waals surface area contributed by atoms with E-state index in [0.717, 1.165) is 0 Å². The van der Waals surface area contributed by atoms with Crippen LogP contribution in [0.3, 0.4) is 0 Å². The number of alkyl halides is 1. The molecule has 0 saturated heterocycles. The van der Waals surface area contributed by atoms with Crippen molar-refractivity contribution in [3.63, 3.8) is 0 Å². The summed E-state index contributed by atoms with van der Waals surface area (Å²) in [5.41, 5.74) is 0.226. The highest BCUT2D eigenvalue weighted by atomic mass is 79.9. The lowest BCUT2D eigenvalue weighted by molar-refractivity contribution is 0.436. The Bertz CT molecular complexity index is 364. The molecule has 0 bridgehead atoms. The molecule has 1 unspecified atom stereocenters. The maximum absolute atomic E-state index is 13.6. The quantitative estimate of drug-likeness (QED) is 0.528. The van der Waals surface area contributed by atoms with Gasteiger partial charge in [0.15, 0.2) is 0 Å². The number of hydrogen-bond acceptors (Lipinski definition) is 0. The van der Waals surface area contributed by atoms with E-state index in [4.69, 9.17) is 0 Å². The molecule has 1 aliphatic carbocycles. The molecule has 1 saturated carbocycles. The summed E-state index contributed by atoms with van der Waals surface area (Å²) in [5.74, 6) is -0.298. The predicted octanol–water partition coefficient (Wildman–Crippen LogP) is 5.24. The molecule has 0 aliphatic heterocycles. The van der Waals surface area contributed by atoms with Gasteiger partial charge in [0.05, 0.1) is 0 Å². The lowest BCUT2D eigenvalue weighted by atomic mass is 9.92. The molecule has 1 atom stereocenters. The van der Waals surface area contributed by atoms with Crippen molar-refractivity contribution in [2.75, 3.05) is 0 Å². The second-order valence-corrected chi connectivity index (χ2v) is 6.35. The van der Waals surface area contributed by atoms with Gasteiger partial charge in [-0.15, -0.1) is 0 Å². The molecule has 100 valence electrons. The van der Waals surface area contributed by atoms with Crippen LogP contribution in [0.4, 0.5) is 8.78 Å². The fourth-order valence-electron chi connectivity index (χ4n) is 2.76. The van der Waals surface area contributed by atoms with Gasteiger partial charge in [0.2, 0.25) is 0 Å². The van der Waals surface area contributed by atoms with Gasteiger partial charge in [0.25, 0.3) is 0 Å². The molecular weight excluding hydrogens is 298 g/mol. The molecule has 0 N–H and O–H groups in total. The smallest absolute Gasteiger partial charge is 0.129 e. The van der Waals surface area contributed by atoms with Crippen molar-refractivity contribution in [2.24, 2.45) is 5.92 Å². The average molecular weight is 317 g/mol.